The molecule has 1 heterocycles. The molecule has 0 spiro atoms. The summed E-state index contributed by atoms with van der Waals surface area (Å²) in [5, 5.41) is 21.1. The van der Waals surface area contributed by atoms with Gasteiger partial charge in [0, 0.05) is 36.3 Å². The van der Waals surface area contributed by atoms with Crippen LogP contribution in [0.1, 0.15) is 52.9 Å². The molecule has 0 aliphatic heterocycles. The van der Waals surface area contributed by atoms with Gasteiger partial charge in [0.2, 0.25) is 5.91 Å². The number of ether oxygens (including phenoxy) is 1. The van der Waals surface area contributed by atoms with Crippen molar-refractivity contribution in [1.82, 2.24) is 0 Å². The average molecular weight is 613 g/mol. The Hall–Kier alpha value is -3.53. The number of aromatic hydroxyl groups is 2. The van der Waals surface area contributed by atoms with Crippen molar-refractivity contribution in [2.75, 3.05) is 6.61 Å². The highest BCUT2D eigenvalue weighted by Gasteiger charge is 2.24. The van der Waals surface area contributed by atoms with Crippen LogP contribution in [-0.2, 0) is 17.6 Å². The molecule has 4 N–H and O–H groups in total. The number of ketones is 1. The summed E-state index contributed by atoms with van der Waals surface area (Å²) in [5.41, 5.74) is 7.57. The standard InChI is InChI=1S/C29H28INO6/c30-21-15-19(11-12-22(21)32)29(35)28-20-16-23(33)26(36-14-13-18-7-3-1-4-8-18)17-25(20)37-24(28)9-5-2-6-10-27(31)34/h1,3-4,7-8,11-12,15-17,32-33H,2,5-6,9-10,13-14H2,(H2,31,34). The lowest BCUT2D eigenvalue weighted by Gasteiger charge is -2.08. The number of amides is 1. The molecule has 0 aliphatic rings. The van der Waals surface area contributed by atoms with Crippen molar-refractivity contribution in [3.8, 4) is 17.2 Å². The Morgan fingerprint density at radius 1 is 0.919 bits per heavy atom. The van der Waals surface area contributed by atoms with Gasteiger partial charge in [-0.1, -0.05) is 36.8 Å². The molecule has 0 fully saturated rings. The molecule has 0 unspecified atom stereocenters. The molecule has 37 heavy (non-hydrogen) atoms. The molecule has 192 valence electrons. The number of phenols is 2. The SMILES string of the molecule is NC(=O)CCCCCc1oc2cc(OCCc3ccccc3)c(O)cc2c1C(=O)c1ccc(O)c(I)c1. The van der Waals surface area contributed by atoms with E-state index in [2.05, 4.69) is 0 Å². The average Bonchev–Trinajstić information content (AvgIpc) is 3.22. The number of aryl methyl sites for hydroxylation is 1. The van der Waals surface area contributed by atoms with Crippen molar-refractivity contribution in [2.45, 2.75) is 38.5 Å². The summed E-state index contributed by atoms with van der Waals surface area (Å²) in [7, 11) is 0. The Kier molecular flexibility index (Phi) is 8.70. The maximum Gasteiger partial charge on any atom is 0.217 e. The van der Waals surface area contributed by atoms with Gasteiger partial charge in [-0.05, 0) is 65.3 Å². The molecule has 0 atom stereocenters. The number of unbranched alkanes of at least 4 members (excludes halogenated alkanes) is 2. The number of primary amides is 1. The summed E-state index contributed by atoms with van der Waals surface area (Å²) in [6.45, 7) is 0.369. The highest BCUT2D eigenvalue weighted by atomic mass is 127. The molecule has 4 rings (SSSR count). The first-order chi connectivity index (χ1) is 17.8. The van der Waals surface area contributed by atoms with Crippen LogP contribution in [0.15, 0.2) is 65.1 Å². The molecule has 0 aliphatic carbocycles. The van der Waals surface area contributed by atoms with Gasteiger partial charge in [0.25, 0.3) is 0 Å². The zero-order valence-electron chi connectivity index (χ0n) is 20.2. The van der Waals surface area contributed by atoms with E-state index in [0.29, 0.717) is 70.1 Å². The molecule has 0 bridgehead atoms. The predicted octanol–water partition coefficient (Wildman–Crippen LogP) is 5.89. The van der Waals surface area contributed by atoms with E-state index in [9.17, 15) is 19.8 Å². The van der Waals surface area contributed by atoms with Crippen molar-refractivity contribution < 1.29 is 29.0 Å². The monoisotopic (exact) mass is 613 g/mol. The molecule has 1 aromatic heterocycles. The summed E-state index contributed by atoms with van der Waals surface area (Å²) < 4.78 is 12.5. The van der Waals surface area contributed by atoms with Gasteiger partial charge >= 0.3 is 0 Å². The van der Waals surface area contributed by atoms with E-state index in [4.69, 9.17) is 14.9 Å². The number of benzene rings is 3. The Morgan fingerprint density at radius 3 is 2.43 bits per heavy atom. The summed E-state index contributed by atoms with van der Waals surface area (Å²) in [4.78, 5) is 24.6. The fourth-order valence-corrected chi connectivity index (χ4v) is 4.70. The van der Waals surface area contributed by atoms with Gasteiger partial charge in [-0.25, -0.2) is 0 Å². The summed E-state index contributed by atoms with van der Waals surface area (Å²) >= 11 is 1.97. The molecular weight excluding hydrogens is 585 g/mol. The topological polar surface area (TPSA) is 123 Å². The number of furan rings is 1. The molecule has 0 saturated carbocycles. The highest BCUT2D eigenvalue weighted by molar-refractivity contribution is 14.1. The molecular formula is C29H28INO6. The summed E-state index contributed by atoms with van der Waals surface area (Å²) in [5.74, 6) is 0.201. The lowest BCUT2D eigenvalue weighted by molar-refractivity contribution is -0.118. The quantitative estimate of drug-likeness (QED) is 0.104. The summed E-state index contributed by atoms with van der Waals surface area (Å²) in [6, 6.07) is 17.7. The minimum absolute atomic E-state index is 0.0799. The van der Waals surface area contributed by atoms with Crippen LogP contribution in [-0.4, -0.2) is 28.5 Å². The number of carbonyl (C=O) groups excluding carboxylic acids is 2. The largest absolute Gasteiger partial charge is 0.507 e. The molecule has 4 aromatic rings. The Morgan fingerprint density at radius 2 is 1.70 bits per heavy atom. The molecule has 3 aromatic carbocycles. The van der Waals surface area contributed by atoms with Crippen LogP contribution in [0.2, 0.25) is 0 Å². The van der Waals surface area contributed by atoms with Crippen LogP contribution in [0.4, 0.5) is 0 Å². The predicted molar refractivity (Wildman–Crippen MR) is 149 cm³/mol. The van der Waals surface area contributed by atoms with E-state index in [1.807, 2.05) is 52.9 Å². The normalized spacial score (nSPS) is 11.1. The number of nitrogens with two attached hydrogens (primary N) is 1. The van der Waals surface area contributed by atoms with E-state index in [-0.39, 0.29) is 28.9 Å². The molecule has 7 nitrogen and oxygen atoms in total. The number of hydrogen-bond donors (Lipinski definition) is 3. The van der Waals surface area contributed by atoms with Crippen LogP contribution in [0.25, 0.3) is 11.0 Å². The number of fused-ring (bicyclic) bond motifs is 1. The van der Waals surface area contributed by atoms with Gasteiger partial charge < -0.3 is 25.1 Å². The van der Waals surface area contributed by atoms with Crippen molar-refractivity contribution in [3.05, 3.63) is 86.7 Å². The third-order valence-electron chi connectivity index (χ3n) is 6.10. The van der Waals surface area contributed by atoms with Crippen molar-refractivity contribution in [2.24, 2.45) is 5.73 Å². The fourth-order valence-electron chi connectivity index (χ4n) is 4.18. The van der Waals surface area contributed by atoms with Gasteiger partial charge in [0.15, 0.2) is 17.3 Å². The third-order valence-corrected chi connectivity index (χ3v) is 6.96. The zero-order valence-corrected chi connectivity index (χ0v) is 22.4. The lowest BCUT2D eigenvalue weighted by atomic mass is 9.97. The maximum absolute atomic E-state index is 13.6. The number of rotatable bonds is 12. The Bertz CT molecular complexity index is 1410. The smallest absolute Gasteiger partial charge is 0.217 e. The van der Waals surface area contributed by atoms with Gasteiger partial charge in [-0.15, -0.1) is 0 Å². The molecule has 8 heteroatoms. The number of halogens is 1. The van der Waals surface area contributed by atoms with Gasteiger partial charge in [-0.2, -0.15) is 0 Å². The van der Waals surface area contributed by atoms with Crippen LogP contribution >= 0.6 is 22.6 Å². The van der Waals surface area contributed by atoms with Crippen LogP contribution < -0.4 is 10.5 Å². The first kappa shape index (κ1) is 26.5. The molecule has 0 saturated heterocycles. The highest BCUT2D eigenvalue weighted by Crippen LogP contribution is 2.38. The van der Waals surface area contributed by atoms with Gasteiger partial charge in [0.05, 0.1) is 15.7 Å². The molecule has 1 amide bonds. The lowest BCUT2D eigenvalue weighted by Crippen LogP contribution is -2.09. The minimum Gasteiger partial charge on any atom is -0.507 e. The van der Waals surface area contributed by atoms with Gasteiger partial charge in [0.1, 0.15) is 17.1 Å². The molecule has 0 radical (unpaired) electrons. The van der Waals surface area contributed by atoms with Crippen LogP contribution in [0.5, 0.6) is 17.2 Å². The van der Waals surface area contributed by atoms with Crippen molar-refractivity contribution in [3.63, 3.8) is 0 Å². The summed E-state index contributed by atoms with van der Waals surface area (Å²) in [6.07, 6.45) is 3.59. The van der Waals surface area contributed by atoms with E-state index in [1.54, 1.807) is 18.2 Å². The fraction of sp³-hybridized carbons (Fsp3) is 0.241. The number of carbonyl (C=O) groups is 2. The number of hydrogen-bond acceptors (Lipinski definition) is 6. The minimum atomic E-state index is -0.336. The second-order valence-electron chi connectivity index (χ2n) is 8.82. The third kappa shape index (κ3) is 6.62. The van der Waals surface area contributed by atoms with Crippen LogP contribution in [0, 0.1) is 3.57 Å². The maximum atomic E-state index is 13.6. The Balaban J connectivity index is 1.62. The number of phenolic OH excluding ortho intramolecular Hbond substituents is 2. The van der Waals surface area contributed by atoms with E-state index in [0.717, 1.165) is 12.0 Å². The van der Waals surface area contributed by atoms with Crippen molar-refractivity contribution in [1.29, 1.82) is 0 Å². The second kappa shape index (κ2) is 12.1. The van der Waals surface area contributed by atoms with E-state index in [1.165, 1.54) is 12.1 Å². The van der Waals surface area contributed by atoms with Crippen molar-refractivity contribution >= 4 is 45.3 Å². The first-order valence-corrected chi connectivity index (χ1v) is 13.2. The van der Waals surface area contributed by atoms with E-state index < -0.39 is 0 Å². The van der Waals surface area contributed by atoms with Gasteiger partial charge in [-0.3, -0.25) is 9.59 Å². The van der Waals surface area contributed by atoms with E-state index >= 15 is 0 Å². The first-order valence-electron chi connectivity index (χ1n) is 12.1. The zero-order chi connectivity index (χ0) is 26.4. The Labute approximate surface area is 228 Å². The second-order valence-corrected chi connectivity index (χ2v) is 9.98. The van der Waals surface area contributed by atoms with Crippen LogP contribution in [0.3, 0.4) is 0 Å².